The standard InChI is InChI=1S/C9H15N3S/c1-4-5-12-7(3)6(2)11-9(12)8(10)13/h4-5H2,1-3H3,(H2,10,13). The molecule has 0 fully saturated rings. The molecule has 0 aliphatic heterocycles. The highest BCUT2D eigenvalue weighted by molar-refractivity contribution is 7.80. The molecule has 1 heterocycles. The van der Waals surface area contributed by atoms with Gasteiger partial charge in [0.05, 0.1) is 5.69 Å². The van der Waals surface area contributed by atoms with Gasteiger partial charge in [0, 0.05) is 12.2 Å². The van der Waals surface area contributed by atoms with Gasteiger partial charge in [-0.2, -0.15) is 0 Å². The first-order chi connectivity index (χ1) is 6.07. The molecule has 0 unspecified atom stereocenters. The van der Waals surface area contributed by atoms with Gasteiger partial charge in [0.15, 0.2) is 5.82 Å². The molecule has 0 aromatic carbocycles. The van der Waals surface area contributed by atoms with Crippen LogP contribution in [-0.4, -0.2) is 14.5 Å². The predicted molar refractivity (Wildman–Crippen MR) is 57.9 cm³/mol. The number of nitrogens with zero attached hydrogens (tertiary/aromatic N) is 2. The van der Waals surface area contributed by atoms with Crippen molar-refractivity contribution in [1.29, 1.82) is 0 Å². The first-order valence-corrected chi connectivity index (χ1v) is 4.82. The third-order valence-electron chi connectivity index (χ3n) is 2.13. The predicted octanol–water partition coefficient (Wildman–Crippen LogP) is 1.54. The summed E-state index contributed by atoms with van der Waals surface area (Å²) in [7, 11) is 0. The average molecular weight is 197 g/mol. The van der Waals surface area contributed by atoms with E-state index in [1.165, 1.54) is 0 Å². The molecule has 1 aromatic rings. The van der Waals surface area contributed by atoms with E-state index in [1.54, 1.807) is 0 Å². The van der Waals surface area contributed by atoms with E-state index in [0.29, 0.717) is 4.99 Å². The Morgan fingerprint density at radius 1 is 1.54 bits per heavy atom. The van der Waals surface area contributed by atoms with Crippen LogP contribution in [0.1, 0.15) is 30.6 Å². The van der Waals surface area contributed by atoms with E-state index in [1.807, 2.05) is 13.8 Å². The van der Waals surface area contributed by atoms with Gasteiger partial charge in [-0.3, -0.25) is 0 Å². The van der Waals surface area contributed by atoms with Gasteiger partial charge < -0.3 is 10.3 Å². The molecule has 0 saturated carbocycles. The summed E-state index contributed by atoms with van der Waals surface area (Å²) in [4.78, 5) is 4.70. The Labute approximate surface area is 84.0 Å². The summed E-state index contributed by atoms with van der Waals surface area (Å²) in [6.07, 6.45) is 1.06. The molecule has 1 rings (SSSR count). The third kappa shape index (κ3) is 1.88. The van der Waals surface area contributed by atoms with Gasteiger partial charge in [-0.1, -0.05) is 19.1 Å². The van der Waals surface area contributed by atoms with E-state index in [0.717, 1.165) is 30.2 Å². The van der Waals surface area contributed by atoms with Gasteiger partial charge in [0.2, 0.25) is 0 Å². The monoisotopic (exact) mass is 197 g/mol. The number of hydrogen-bond donors (Lipinski definition) is 1. The van der Waals surface area contributed by atoms with Gasteiger partial charge in [-0.15, -0.1) is 0 Å². The maximum absolute atomic E-state index is 5.58. The first kappa shape index (κ1) is 10.2. The molecule has 1 aromatic heterocycles. The number of thiocarbonyl (C=S) groups is 1. The molecule has 0 aliphatic rings. The zero-order valence-electron chi connectivity index (χ0n) is 8.29. The summed E-state index contributed by atoms with van der Waals surface area (Å²) < 4.78 is 2.08. The zero-order valence-corrected chi connectivity index (χ0v) is 9.11. The normalized spacial score (nSPS) is 10.4. The van der Waals surface area contributed by atoms with Gasteiger partial charge in [-0.05, 0) is 20.3 Å². The van der Waals surface area contributed by atoms with Crippen molar-refractivity contribution in [3.8, 4) is 0 Å². The van der Waals surface area contributed by atoms with Crippen LogP contribution in [0, 0.1) is 13.8 Å². The number of aromatic nitrogens is 2. The van der Waals surface area contributed by atoms with Crippen LogP contribution in [0.5, 0.6) is 0 Å². The highest BCUT2D eigenvalue weighted by Gasteiger charge is 2.11. The van der Waals surface area contributed by atoms with E-state index >= 15 is 0 Å². The van der Waals surface area contributed by atoms with Gasteiger partial charge >= 0.3 is 0 Å². The fourth-order valence-corrected chi connectivity index (χ4v) is 1.50. The van der Waals surface area contributed by atoms with Crippen LogP contribution in [0.15, 0.2) is 0 Å². The molecule has 0 aliphatic carbocycles. The topological polar surface area (TPSA) is 43.8 Å². The largest absolute Gasteiger partial charge is 0.387 e. The number of imidazole rings is 1. The molecule has 72 valence electrons. The van der Waals surface area contributed by atoms with Crippen molar-refractivity contribution in [3.63, 3.8) is 0 Å². The molecular formula is C9H15N3S. The van der Waals surface area contributed by atoms with Crippen molar-refractivity contribution in [2.75, 3.05) is 0 Å². The van der Waals surface area contributed by atoms with Crippen molar-refractivity contribution in [2.24, 2.45) is 5.73 Å². The molecule has 0 atom stereocenters. The summed E-state index contributed by atoms with van der Waals surface area (Å²) in [5.74, 6) is 0.742. The maximum atomic E-state index is 5.58. The minimum absolute atomic E-state index is 0.379. The second-order valence-corrected chi connectivity index (χ2v) is 3.56. The Morgan fingerprint density at radius 3 is 2.62 bits per heavy atom. The zero-order chi connectivity index (χ0) is 10.0. The van der Waals surface area contributed by atoms with E-state index in [9.17, 15) is 0 Å². The molecule has 3 nitrogen and oxygen atoms in total. The van der Waals surface area contributed by atoms with Crippen LogP contribution >= 0.6 is 12.2 Å². The summed E-state index contributed by atoms with van der Waals surface area (Å²) >= 11 is 4.93. The summed E-state index contributed by atoms with van der Waals surface area (Å²) in [6, 6.07) is 0. The molecule has 0 radical (unpaired) electrons. The maximum Gasteiger partial charge on any atom is 0.167 e. The van der Waals surface area contributed by atoms with Crippen molar-refractivity contribution >= 4 is 17.2 Å². The number of aryl methyl sites for hydroxylation is 1. The van der Waals surface area contributed by atoms with Crippen molar-refractivity contribution in [2.45, 2.75) is 33.7 Å². The fourth-order valence-electron chi connectivity index (χ4n) is 1.34. The second kappa shape index (κ2) is 3.87. The minimum Gasteiger partial charge on any atom is -0.387 e. The lowest BCUT2D eigenvalue weighted by atomic mass is 10.3. The Balaban J connectivity index is 3.18. The van der Waals surface area contributed by atoms with Crippen LogP contribution < -0.4 is 5.73 Å². The van der Waals surface area contributed by atoms with Crippen LogP contribution in [0.2, 0.25) is 0 Å². The molecule has 0 amide bonds. The molecule has 0 spiro atoms. The highest BCUT2D eigenvalue weighted by atomic mass is 32.1. The van der Waals surface area contributed by atoms with Crippen LogP contribution in [0.25, 0.3) is 0 Å². The molecule has 0 saturated heterocycles. The first-order valence-electron chi connectivity index (χ1n) is 4.41. The minimum atomic E-state index is 0.379. The average Bonchev–Trinajstić information content (AvgIpc) is 2.33. The van der Waals surface area contributed by atoms with Gasteiger partial charge in [0.25, 0.3) is 0 Å². The van der Waals surface area contributed by atoms with Crippen LogP contribution in [0.3, 0.4) is 0 Å². The summed E-state index contributed by atoms with van der Waals surface area (Å²) in [5, 5.41) is 0. The molecule has 13 heavy (non-hydrogen) atoms. The smallest absolute Gasteiger partial charge is 0.167 e. The Morgan fingerprint density at radius 2 is 2.15 bits per heavy atom. The second-order valence-electron chi connectivity index (χ2n) is 3.12. The SMILES string of the molecule is CCCn1c(C(N)=S)nc(C)c1C. The van der Waals surface area contributed by atoms with Gasteiger partial charge in [0.1, 0.15) is 4.99 Å². The summed E-state index contributed by atoms with van der Waals surface area (Å²) in [6.45, 7) is 7.07. The number of hydrogen-bond acceptors (Lipinski definition) is 2. The van der Waals surface area contributed by atoms with Crippen molar-refractivity contribution in [3.05, 3.63) is 17.2 Å². The van der Waals surface area contributed by atoms with Crippen molar-refractivity contribution in [1.82, 2.24) is 9.55 Å². The van der Waals surface area contributed by atoms with Crippen LogP contribution in [0.4, 0.5) is 0 Å². The van der Waals surface area contributed by atoms with Gasteiger partial charge in [-0.25, -0.2) is 4.98 Å². The lowest BCUT2D eigenvalue weighted by molar-refractivity contribution is 0.656. The fraction of sp³-hybridized carbons (Fsp3) is 0.556. The van der Waals surface area contributed by atoms with Crippen molar-refractivity contribution < 1.29 is 0 Å². The molecule has 4 heteroatoms. The van der Waals surface area contributed by atoms with E-state index in [4.69, 9.17) is 18.0 Å². The van der Waals surface area contributed by atoms with E-state index in [2.05, 4.69) is 16.5 Å². The molecule has 0 bridgehead atoms. The highest BCUT2D eigenvalue weighted by Crippen LogP contribution is 2.10. The van der Waals surface area contributed by atoms with E-state index < -0.39 is 0 Å². The van der Waals surface area contributed by atoms with Crippen LogP contribution in [-0.2, 0) is 6.54 Å². The Kier molecular flexibility index (Phi) is 3.03. The Bertz CT molecular complexity index is 328. The van der Waals surface area contributed by atoms with E-state index in [-0.39, 0.29) is 0 Å². The number of nitrogens with two attached hydrogens (primary N) is 1. The lowest BCUT2D eigenvalue weighted by Gasteiger charge is -2.06. The number of rotatable bonds is 3. The molecule has 2 N–H and O–H groups in total. The lowest BCUT2D eigenvalue weighted by Crippen LogP contribution is -2.17. The third-order valence-corrected chi connectivity index (χ3v) is 2.31. The Hall–Kier alpha value is -0.900. The molecular weight excluding hydrogens is 182 g/mol. The summed E-state index contributed by atoms with van der Waals surface area (Å²) in [5.41, 5.74) is 7.74. The quantitative estimate of drug-likeness (QED) is 0.748.